The summed E-state index contributed by atoms with van der Waals surface area (Å²) in [5.74, 6) is -0.224. The molecule has 3 unspecified atom stereocenters. The lowest BCUT2D eigenvalue weighted by Crippen LogP contribution is -2.25. The number of carboxylic acid groups (broad SMARTS) is 1. The van der Waals surface area contributed by atoms with Crippen LogP contribution in [0.25, 0.3) is 0 Å². The minimum absolute atomic E-state index is 0.0718. The van der Waals surface area contributed by atoms with Crippen LogP contribution in [0.15, 0.2) is 0 Å². The number of carbonyl (C=O) groups is 1. The van der Waals surface area contributed by atoms with Crippen molar-refractivity contribution in [1.82, 2.24) is 4.90 Å². The number of nitrogens with zero attached hydrogens (tertiary/aromatic N) is 1. The molecule has 0 aromatic heterocycles. The van der Waals surface area contributed by atoms with Crippen LogP contribution in [0.1, 0.15) is 12.8 Å². The maximum absolute atomic E-state index is 10.7. The van der Waals surface area contributed by atoms with Gasteiger partial charge in [-0.3, -0.25) is 4.79 Å². The van der Waals surface area contributed by atoms with Crippen molar-refractivity contribution >= 4 is 5.97 Å². The average Bonchev–Trinajstić information content (AvgIpc) is 2.27. The predicted octanol–water partition coefficient (Wildman–Crippen LogP) is 0.413. The van der Waals surface area contributed by atoms with Gasteiger partial charge in [-0.2, -0.15) is 0 Å². The lowest BCUT2D eigenvalue weighted by atomic mass is 9.91. The van der Waals surface area contributed by atoms with Crippen LogP contribution in [0, 0.1) is 11.8 Å². The fourth-order valence-corrected chi connectivity index (χ4v) is 2.29. The molecule has 0 saturated carbocycles. The van der Waals surface area contributed by atoms with Crippen LogP contribution >= 0.6 is 0 Å². The summed E-state index contributed by atoms with van der Waals surface area (Å²) in [5.41, 5.74) is 0. The molecule has 11 heavy (non-hydrogen) atoms. The zero-order valence-electron chi connectivity index (χ0n) is 6.49. The molecule has 2 bridgehead atoms. The van der Waals surface area contributed by atoms with E-state index in [1.54, 1.807) is 0 Å². The van der Waals surface area contributed by atoms with Gasteiger partial charge in [0.05, 0.1) is 5.92 Å². The Morgan fingerprint density at radius 2 is 2.27 bits per heavy atom. The molecule has 1 N–H and O–H groups in total. The van der Waals surface area contributed by atoms with Crippen molar-refractivity contribution in [1.29, 1.82) is 0 Å². The van der Waals surface area contributed by atoms with Crippen LogP contribution < -0.4 is 0 Å². The molecule has 3 nitrogen and oxygen atoms in total. The molecule has 0 aromatic carbocycles. The van der Waals surface area contributed by atoms with Crippen LogP contribution in [0.2, 0.25) is 0 Å². The van der Waals surface area contributed by atoms with E-state index < -0.39 is 5.97 Å². The summed E-state index contributed by atoms with van der Waals surface area (Å²) in [7, 11) is 0. The van der Waals surface area contributed by atoms with E-state index in [-0.39, 0.29) is 5.92 Å². The average molecular weight is 155 g/mol. The zero-order valence-corrected chi connectivity index (χ0v) is 6.49. The summed E-state index contributed by atoms with van der Waals surface area (Å²) in [6.07, 6.45) is 2.31. The normalized spacial score (nSPS) is 42.4. The van der Waals surface area contributed by atoms with Crippen LogP contribution in [0.4, 0.5) is 0 Å². The van der Waals surface area contributed by atoms with E-state index in [9.17, 15) is 4.79 Å². The van der Waals surface area contributed by atoms with Crippen molar-refractivity contribution in [2.75, 3.05) is 19.6 Å². The van der Waals surface area contributed by atoms with Crippen molar-refractivity contribution in [3.8, 4) is 0 Å². The number of aliphatic carboxylic acids is 1. The molecule has 0 radical (unpaired) electrons. The summed E-state index contributed by atoms with van der Waals surface area (Å²) in [6, 6.07) is 0. The first-order chi connectivity index (χ1) is 5.27. The summed E-state index contributed by atoms with van der Waals surface area (Å²) < 4.78 is 0. The summed E-state index contributed by atoms with van der Waals surface area (Å²) >= 11 is 0. The molecule has 3 heteroatoms. The van der Waals surface area contributed by atoms with E-state index in [4.69, 9.17) is 5.11 Å². The van der Waals surface area contributed by atoms with Crippen LogP contribution in [0.5, 0.6) is 0 Å². The molecule has 2 rings (SSSR count). The number of piperidine rings is 1. The largest absolute Gasteiger partial charge is 0.481 e. The van der Waals surface area contributed by atoms with Gasteiger partial charge in [0.1, 0.15) is 0 Å². The SMILES string of the molecule is O=C(O)C1CN2CCCC1C2. The Hall–Kier alpha value is -0.570. The van der Waals surface area contributed by atoms with Crippen LogP contribution in [-0.2, 0) is 4.79 Å². The van der Waals surface area contributed by atoms with Crippen molar-refractivity contribution in [2.24, 2.45) is 11.8 Å². The van der Waals surface area contributed by atoms with Crippen LogP contribution in [-0.4, -0.2) is 35.6 Å². The van der Waals surface area contributed by atoms with Gasteiger partial charge in [0, 0.05) is 13.1 Å². The topological polar surface area (TPSA) is 40.5 Å². The molecule has 0 aromatic rings. The molecular formula is C8H13NO2. The van der Waals surface area contributed by atoms with Crippen molar-refractivity contribution in [3.05, 3.63) is 0 Å². The predicted molar refractivity (Wildman–Crippen MR) is 40.3 cm³/mol. The molecule has 0 spiro atoms. The standard InChI is InChI=1S/C8H13NO2/c10-8(11)7-5-9-3-1-2-6(7)4-9/h6-7H,1-5H2,(H,10,11). The first kappa shape index (κ1) is 7.10. The maximum Gasteiger partial charge on any atom is 0.308 e. The van der Waals surface area contributed by atoms with Gasteiger partial charge in [0.15, 0.2) is 0 Å². The number of carboxylic acids is 1. The van der Waals surface area contributed by atoms with Crippen LogP contribution in [0.3, 0.4) is 0 Å². The number of hydrogen-bond donors (Lipinski definition) is 1. The molecule has 62 valence electrons. The van der Waals surface area contributed by atoms with Crippen molar-refractivity contribution < 1.29 is 9.90 Å². The van der Waals surface area contributed by atoms with Gasteiger partial charge in [-0.1, -0.05) is 0 Å². The van der Waals surface area contributed by atoms with E-state index in [1.807, 2.05) is 0 Å². The number of fused-ring (bicyclic) bond motifs is 2. The Morgan fingerprint density at radius 1 is 1.45 bits per heavy atom. The Labute approximate surface area is 66.0 Å². The van der Waals surface area contributed by atoms with Crippen molar-refractivity contribution in [3.63, 3.8) is 0 Å². The molecule has 2 aliphatic rings. The van der Waals surface area contributed by atoms with E-state index in [0.717, 1.165) is 26.1 Å². The lowest BCUT2D eigenvalue weighted by molar-refractivity contribution is -0.142. The van der Waals surface area contributed by atoms with E-state index in [0.29, 0.717) is 5.92 Å². The third kappa shape index (κ3) is 1.13. The quantitative estimate of drug-likeness (QED) is 0.596. The maximum atomic E-state index is 10.7. The summed E-state index contributed by atoms with van der Waals surface area (Å²) in [5, 5.41) is 8.83. The molecule has 3 atom stereocenters. The molecule has 0 aliphatic carbocycles. The number of rotatable bonds is 1. The molecule has 2 heterocycles. The van der Waals surface area contributed by atoms with Gasteiger partial charge in [-0.05, 0) is 25.3 Å². The molecule has 2 aliphatic heterocycles. The Bertz CT molecular complexity index is 181. The highest BCUT2D eigenvalue weighted by Gasteiger charge is 2.39. The third-order valence-corrected chi connectivity index (χ3v) is 2.88. The number of hydrogen-bond acceptors (Lipinski definition) is 2. The lowest BCUT2D eigenvalue weighted by Gasteiger charge is -2.21. The van der Waals surface area contributed by atoms with Gasteiger partial charge in [0.25, 0.3) is 0 Å². The molecule has 2 fully saturated rings. The van der Waals surface area contributed by atoms with Gasteiger partial charge in [-0.25, -0.2) is 0 Å². The highest BCUT2D eigenvalue weighted by Crippen LogP contribution is 2.31. The summed E-state index contributed by atoms with van der Waals surface area (Å²) in [4.78, 5) is 13.0. The van der Waals surface area contributed by atoms with Gasteiger partial charge in [0.2, 0.25) is 0 Å². The second-order valence-electron chi connectivity index (χ2n) is 3.61. The zero-order chi connectivity index (χ0) is 7.84. The van der Waals surface area contributed by atoms with E-state index in [2.05, 4.69) is 4.90 Å². The molecule has 0 amide bonds. The minimum Gasteiger partial charge on any atom is -0.481 e. The van der Waals surface area contributed by atoms with E-state index >= 15 is 0 Å². The second kappa shape index (κ2) is 2.48. The highest BCUT2D eigenvalue weighted by atomic mass is 16.4. The summed E-state index contributed by atoms with van der Waals surface area (Å²) in [6.45, 7) is 2.93. The Balaban J connectivity index is 2.08. The fraction of sp³-hybridized carbons (Fsp3) is 0.875. The van der Waals surface area contributed by atoms with Gasteiger partial charge in [-0.15, -0.1) is 0 Å². The molecule has 2 saturated heterocycles. The third-order valence-electron chi connectivity index (χ3n) is 2.88. The monoisotopic (exact) mass is 155 g/mol. The fourth-order valence-electron chi connectivity index (χ4n) is 2.29. The Morgan fingerprint density at radius 3 is 2.91 bits per heavy atom. The van der Waals surface area contributed by atoms with Gasteiger partial charge < -0.3 is 10.0 Å². The second-order valence-corrected chi connectivity index (χ2v) is 3.61. The van der Waals surface area contributed by atoms with Gasteiger partial charge >= 0.3 is 5.97 Å². The first-order valence-electron chi connectivity index (χ1n) is 4.22. The minimum atomic E-state index is -0.598. The molecular weight excluding hydrogens is 142 g/mol. The smallest absolute Gasteiger partial charge is 0.308 e. The highest BCUT2D eigenvalue weighted by molar-refractivity contribution is 5.71. The van der Waals surface area contributed by atoms with Crippen molar-refractivity contribution in [2.45, 2.75) is 12.8 Å². The van der Waals surface area contributed by atoms with E-state index in [1.165, 1.54) is 6.42 Å². The first-order valence-corrected chi connectivity index (χ1v) is 4.22. The Kier molecular flexibility index (Phi) is 1.60.